The molecule has 0 saturated carbocycles. The zero-order valence-electron chi connectivity index (χ0n) is 38.9. The SMILES string of the molecule is C[C@@H]1OCC2(CCN(c3cnc(Sc4cccc(NC(=O)CCC(=O)NCCCCCCCCCCCCCNc5cccc6c5C(=O)N(C5CCC(=O)NC5=O)C6=O)c4Cl)c(N)n3)CC2)[C@@H]1N. The molecule has 17 nitrogen and oxygen atoms in total. The van der Waals surface area contributed by atoms with Crippen molar-refractivity contribution < 1.29 is 33.5 Å². The van der Waals surface area contributed by atoms with Gasteiger partial charge in [-0.1, -0.05) is 93.3 Å². The van der Waals surface area contributed by atoms with Gasteiger partial charge in [-0.05, 0) is 63.3 Å². The first kappa shape index (κ1) is 50.6. The zero-order chi connectivity index (χ0) is 48.2. The molecule has 3 saturated heterocycles. The zero-order valence-corrected chi connectivity index (χ0v) is 40.5. The topological polar surface area (TPSA) is 244 Å². The minimum absolute atomic E-state index is 0.00554. The lowest BCUT2D eigenvalue weighted by atomic mass is 9.73. The third-order valence-corrected chi connectivity index (χ3v) is 15.3. The first-order chi connectivity index (χ1) is 32.8. The largest absolute Gasteiger partial charge is 0.384 e. The summed E-state index contributed by atoms with van der Waals surface area (Å²) in [6.45, 7) is 5.57. The van der Waals surface area contributed by atoms with Crippen LogP contribution in [0.5, 0.6) is 0 Å². The smallest absolute Gasteiger partial charge is 0.264 e. The third kappa shape index (κ3) is 12.5. The monoisotopic (exact) mass is 972 g/mol. The fourth-order valence-corrected chi connectivity index (χ4v) is 10.6. The van der Waals surface area contributed by atoms with Crippen molar-refractivity contribution in [3.63, 3.8) is 0 Å². The lowest BCUT2D eigenvalue weighted by Crippen LogP contribution is -2.54. The van der Waals surface area contributed by atoms with Gasteiger partial charge in [0.15, 0.2) is 5.82 Å². The Kier molecular flexibility index (Phi) is 17.7. The highest BCUT2D eigenvalue weighted by molar-refractivity contribution is 7.99. The van der Waals surface area contributed by atoms with Crippen LogP contribution in [0.1, 0.15) is 137 Å². The number of nitrogens with zero attached hydrogens (tertiary/aromatic N) is 4. The number of unbranched alkanes of at least 4 members (excludes halogenated alkanes) is 10. The highest BCUT2D eigenvalue weighted by atomic mass is 35.5. The number of benzene rings is 2. The molecule has 4 aliphatic rings. The molecule has 3 atom stereocenters. The Hall–Kier alpha value is -5.30. The Morgan fingerprint density at radius 3 is 2.19 bits per heavy atom. The molecule has 0 bridgehead atoms. The molecule has 8 N–H and O–H groups in total. The second kappa shape index (κ2) is 23.8. The van der Waals surface area contributed by atoms with Gasteiger partial charge in [0.05, 0.1) is 40.7 Å². The van der Waals surface area contributed by atoms with E-state index in [9.17, 15) is 28.8 Å². The molecule has 3 fully saturated rings. The molecule has 1 unspecified atom stereocenters. The van der Waals surface area contributed by atoms with E-state index in [0.29, 0.717) is 51.8 Å². The van der Waals surface area contributed by atoms with E-state index in [1.165, 1.54) is 31.0 Å². The van der Waals surface area contributed by atoms with E-state index in [1.807, 2.05) is 13.0 Å². The van der Waals surface area contributed by atoms with E-state index in [0.717, 1.165) is 88.0 Å². The van der Waals surface area contributed by atoms with Crippen molar-refractivity contribution in [2.45, 2.75) is 144 Å². The summed E-state index contributed by atoms with van der Waals surface area (Å²) in [6, 6.07) is 9.49. The van der Waals surface area contributed by atoms with Gasteiger partial charge in [-0.3, -0.25) is 39.0 Å². The van der Waals surface area contributed by atoms with Gasteiger partial charge in [0, 0.05) is 67.5 Å². The van der Waals surface area contributed by atoms with Crippen LogP contribution in [0.3, 0.4) is 0 Å². The van der Waals surface area contributed by atoms with Crippen molar-refractivity contribution in [2.75, 3.05) is 54.1 Å². The van der Waals surface area contributed by atoms with E-state index in [2.05, 4.69) is 36.1 Å². The third-order valence-electron chi connectivity index (χ3n) is 13.7. The number of anilines is 4. The molecule has 5 heterocycles. The average Bonchev–Trinajstić information content (AvgIpc) is 3.74. The molecular weight excluding hydrogens is 908 g/mol. The molecule has 0 aliphatic carbocycles. The van der Waals surface area contributed by atoms with Crippen molar-refractivity contribution in [1.82, 2.24) is 25.5 Å². The maximum atomic E-state index is 13.3. The number of aromatic nitrogens is 2. The number of halogens is 1. The number of nitrogens with two attached hydrogens (primary N) is 2. The Bertz CT molecular complexity index is 2330. The number of fused-ring (bicyclic) bond motifs is 1. The standard InChI is InChI=1S/C49H65ClN10O7S/c1-31-43(51)49(30-67-31)23-27-59(28-24-49)37-29-55-46(44(52)57-37)68-36-18-14-17-34(42(36)50)56-39(62)22-21-38(61)54-26-12-10-8-6-4-2-3-5-7-9-11-25-53-33-16-13-15-32-41(33)48(66)60(47(32)65)35-19-20-40(63)58-45(35)64/h13-18,29,31,35,43,53H,2-12,19-28,30,51H2,1H3,(H2,52,57)(H,54,61)(H,56,62)(H,58,63,64)/t31-,35?,43+/m0/s1. The summed E-state index contributed by atoms with van der Waals surface area (Å²) in [4.78, 5) is 88.7. The van der Waals surface area contributed by atoms with Crippen molar-refractivity contribution in [3.05, 3.63) is 58.7 Å². The molecule has 1 spiro atoms. The Morgan fingerprint density at radius 1 is 0.882 bits per heavy atom. The first-order valence-electron chi connectivity index (χ1n) is 24.2. The second-order valence-corrected chi connectivity index (χ2v) is 19.8. The van der Waals surface area contributed by atoms with Crippen LogP contribution in [0.25, 0.3) is 0 Å². The number of hydrogen-bond acceptors (Lipinski definition) is 14. The highest BCUT2D eigenvalue weighted by Crippen LogP contribution is 2.43. The van der Waals surface area contributed by atoms with Crippen molar-refractivity contribution in [3.8, 4) is 0 Å². The molecule has 4 aliphatic heterocycles. The van der Waals surface area contributed by atoms with Crippen LogP contribution in [-0.4, -0.2) is 101 Å². The summed E-state index contributed by atoms with van der Waals surface area (Å²) >= 11 is 8.00. The number of nitrogen functional groups attached to an aromatic ring is 1. The number of piperidine rings is 2. The van der Waals surface area contributed by atoms with Crippen LogP contribution in [0.4, 0.5) is 23.0 Å². The Balaban J connectivity index is 0.691. The lowest BCUT2D eigenvalue weighted by molar-refractivity contribution is -0.136. The molecule has 19 heteroatoms. The van der Waals surface area contributed by atoms with Gasteiger partial charge in [0.25, 0.3) is 11.8 Å². The number of ether oxygens (including phenoxy) is 1. The number of hydrogen-bond donors (Lipinski definition) is 6. The van der Waals surface area contributed by atoms with Crippen LogP contribution in [-0.2, 0) is 23.9 Å². The van der Waals surface area contributed by atoms with Gasteiger partial charge in [-0.2, -0.15) is 0 Å². The normalized spacial score (nSPS) is 19.9. The fraction of sp³-hybridized carbons (Fsp3) is 0.551. The lowest BCUT2D eigenvalue weighted by Gasteiger charge is -2.41. The summed E-state index contributed by atoms with van der Waals surface area (Å²) in [5.74, 6) is -1.48. The average molecular weight is 974 g/mol. The molecule has 2 aromatic carbocycles. The molecule has 366 valence electrons. The Labute approximate surface area is 407 Å². The van der Waals surface area contributed by atoms with E-state index < -0.39 is 29.7 Å². The van der Waals surface area contributed by atoms with Crippen LogP contribution in [0, 0.1) is 5.41 Å². The Morgan fingerprint density at radius 2 is 1.53 bits per heavy atom. The van der Waals surface area contributed by atoms with Crippen molar-refractivity contribution in [1.29, 1.82) is 0 Å². The second-order valence-electron chi connectivity index (χ2n) is 18.4. The quantitative estimate of drug-likeness (QED) is 0.0421. The number of nitrogens with one attached hydrogen (secondary N) is 4. The fourth-order valence-electron chi connectivity index (χ4n) is 9.54. The first-order valence-corrected chi connectivity index (χ1v) is 25.4. The van der Waals surface area contributed by atoms with Crippen LogP contribution < -0.4 is 37.6 Å². The summed E-state index contributed by atoms with van der Waals surface area (Å²) in [6.07, 6.45) is 15.9. The predicted octanol–water partition coefficient (Wildman–Crippen LogP) is 6.84. The van der Waals surface area contributed by atoms with E-state index in [4.69, 9.17) is 27.8 Å². The van der Waals surface area contributed by atoms with Crippen molar-refractivity contribution >= 4 is 81.8 Å². The molecular formula is C49H65ClN10O7S. The maximum absolute atomic E-state index is 13.3. The molecule has 1 aromatic heterocycles. The number of imide groups is 2. The number of amides is 6. The molecule has 7 rings (SSSR count). The molecule has 6 amide bonds. The van der Waals surface area contributed by atoms with Gasteiger partial charge in [0.1, 0.15) is 16.9 Å². The van der Waals surface area contributed by atoms with Crippen LogP contribution in [0.15, 0.2) is 52.5 Å². The maximum Gasteiger partial charge on any atom is 0.264 e. The summed E-state index contributed by atoms with van der Waals surface area (Å²) < 4.78 is 5.86. The van der Waals surface area contributed by atoms with E-state index in [-0.39, 0.29) is 66.2 Å². The van der Waals surface area contributed by atoms with E-state index >= 15 is 0 Å². The minimum atomic E-state index is -0.982. The van der Waals surface area contributed by atoms with Gasteiger partial charge in [-0.15, -0.1) is 0 Å². The van der Waals surface area contributed by atoms with Gasteiger partial charge in [0.2, 0.25) is 23.6 Å². The number of rotatable bonds is 23. The van der Waals surface area contributed by atoms with Gasteiger partial charge in [-0.25, -0.2) is 9.97 Å². The highest BCUT2D eigenvalue weighted by Gasteiger charge is 2.48. The summed E-state index contributed by atoms with van der Waals surface area (Å²) in [7, 11) is 0. The number of carbonyl (C=O) groups excluding carboxylic acids is 6. The molecule has 3 aromatic rings. The minimum Gasteiger partial charge on any atom is -0.384 e. The van der Waals surface area contributed by atoms with Crippen LogP contribution in [0.2, 0.25) is 5.02 Å². The summed E-state index contributed by atoms with van der Waals surface area (Å²) in [5, 5.41) is 12.2. The summed E-state index contributed by atoms with van der Waals surface area (Å²) in [5.41, 5.74) is 14.5. The van der Waals surface area contributed by atoms with Crippen molar-refractivity contribution in [2.24, 2.45) is 11.1 Å². The number of carbonyl (C=O) groups is 6. The van der Waals surface area contributed by atoms with Gasteiger partial charge >= 0.3 is 0 Å². The molecule has 0 radical (unpaired) electrons. The predicted molar refractivity (Wildman–Crippen MR) is 263 cm³/mol. The van der Waals surface area contributed by atoms with Crippen LogP contribution >= 0.6 is 23.4 Å². The molecule has 68 heavy (non-hydrogen) atoms. The van der Waals surface area contributed by atoms with Gasteiger partial charge < -0.3 is 37.1 Å². The van der Waals surface area contributed by atoms with E-state index in [1.54, 1.807) is 36.5 Å².